The Bertz CT molecular complexity index is 444. The fourth-order valence-electron chi connectivity index (χ4n) is 1.61. The number of hydrogen-bond donors (Lipinski definition) is 2. The molecular formula is C13H16ClNOS. The normalized spacial score (nSPS) is 11.9. The molecule has 1 unspecified atom stereocenters. The molecule has 1 aromatic heterocycles. The second kappa shape index (κ2) is 6.77. The van der Waals surface area contributed by atoms with E-state index in [-0.39, 0.29) is 25.1 Å². The summed E-state index contributed by atoms with van der Waals surface area (Å²) in [5.41, 5.74) is 8.36. The fraction of sp³-hybridized carbons (Fsp3) is 0.231. The lowest BCUT2D eigenvalue weighted by Crippen LogP contribution is -2.09. The van der Waals surface area contributed by atoms with Crippen LogP contribution >= 0.6 is 23.7 Å². The van der Waals surface area contributed by atoms with Gasteiger partial charge in [-0.2, -0.15) is 0 Å². The van der Waals surface area contributed by atoms with Gasteiger partial charge in [-0.1, -0.05) is 30.3 Å². The monoisotopic (exact) mass is 269 g/mol. The summed E-state index contributed by atoms with van der Waals surface area (Å²) in [5, 5.41) is 11.0. The first-order valence-corrected chi connectivity index (χ1v) is 6.19. The van der Waals surface area contributed by atoms with Crippen LogP contribution in [0.1, 0.15) is 17.3 Å². The van der Waals surface area contributed by atoms with Crippen LogP contribution in [0.2, 0.25) is 0 Å². The van der Waals surface area contributed by atoms with Gasteiger partial charge < -0.3 is 10.8 Å². The molecule has 0 spiro atoms. The van der Waals surface area contributed by atoms with Crippen molar-refractivity contribution < 1.29 is 5.11 Å². The zero-order chi connectivity index (χ0) is 11.4. The minimum atomic E-state index is -0.0486. The van der Waals surface area contributed by atoms with Gasteiger partial charge in [0.2, 0.25) is 0 Å². The second-order valence-corrected chi connectivity index (χ2v) is 4.67. The molecule has 92 valence electrons. The van der Waals surface area contributed by atoms with Gasteiger partial charge in [0.05, 0.1) is 0 Å². The molecule has 4 heteroatoms. The van der Waals surface area contributed by atoms with E-state index >= 15 is 0 Å². The lowest BCUT2D eigenvalue weighted by Gasteiger charge is -2.05. The summed E-state index contributed by atoms with van der Waals surface area (Å²) in [6.07, 6.45) is 0.620. The maximum absolute atomic E-state index is 8.85. The van der Waals surface area contributed by atoms with E-state index in [4.69, 9.17) is 10.8 Å². The molecule has 0 aliphatic rings. The number of aliphatic hydroxyl groups is 1. The van der Waals surface area contributed by atoms with Gasteiger partial charge in [0.1, 0.15) is 0 Å². The molecule has 0 saturated carbocycles. The molecule has 2 rings (SSSR count). The fourth-order valence-corrected chi connectivity index (χ4v) is 2.57. The molecule has 0 fully saturated rings. The van der Waals surface area contributed by atoms with Crippen LogP contribution in [0.25, 0.3) is 11.1 Å². The third-order valence-corrected chi connectivity index (χ3v) is 3.60. The van der Waals surface area contributed by atoms with Crippen LogP contribution in [-0.4, -0.2) is 11.7 Å². The summed E-state index contributed by atoms with van der Waals surface area (Å²) >= 11 is 1.66. The van der Waals surface area contributed by atoms with Gasteiger partial charge in [0.25, 0.3) is 0 Å². The Balaban J connectivity index is 0.00000144. The van der Waals surface area contributed by atoms with E-state index in [0.29, 0.717) is 6.42 Å². The van der Waals surface area contributed by atoms with Crippen LogP contribution in [-0.2, 0) is 0 Å². The molecular weight excluding hydrogens is 254 g/mol. The van der Waals surface area contributed by atoms with E-state index in [0.717, 1.165) is 4.88 Å². The number of hydrogen-bond acceptors (Lipinski definition) is 3. The highest BCUT2D eigenvalue weighted by molar-refractivity contribution is 7.10. The average Bonchev–Trinajstić information content (AvgIpc) is 2.80. The van der Waals surface area contributed by atoms with Crippen LogP contribution < -0.4 is 5.73 Å². The standard InChI is InChI=1S/C13H15NOS.ClH/c14-12(6-7-15)13-8-11(9-16-13)10-4-2-1-3-5-10;/h1-5,8-9,12,15H,6-7,14H2;1H. The molecule has 3 N–H and O–H groups in total. The average molecular weight is 270 g/mol. The van der Waals surface area contributed by atoms with Gasteiger partial charge in [-0.3, -0.25) is 0 Å². The Morgan fingerprint density at radius 3 is 2.53 bits per heavy atom. The molecule has 17 heavy (non-hydrogen) atoms. The number of rotatable bonds is 4. The molecule has 2 nitrogen and oxygen atoms in total. The number of benzene rings is 1. The molecule has 1 heterocycles. The van der Waals surface area contributed by atoms with Crippen LogP contribution in [0.5, 0.6) is 0 Å². The minimum absolute atomic E-state index is 0. The van der Waals surface area contributed by atoms with Gasteiger partial charge in [0.15, 0.2) is 0 Å². The van der Waals surface area contributed by atoms with Gasteiger partial charge in [-0.15, -0.1) is 23.7 Å². The highest BCUT2D eigenvalue weighted by atomic mass is 35.5. The third-order valence-electron chi connectivity index (χ3n) is 2.53. The van der Waals surface area contributed by atoms with E-state index in [9.17, 15) is 0 Å². The predicted molar refractivity (Wildman–Crippen MR) is 75.6 cm³/mol. The van der Waals surface area contributed by atoms with Crippen LogP contribution in [0.4, 0.5) is 0 Å². The van der Waals surface area contributed by atoms with E-state index < -0.39 is 0 Å². The Morgan fingerprint density at radius 1 is 1.18 bits per heavy atom. The van der Waals surface area contributed by atoms with Crippen LogP contribution in [0.3, 0.4) is 0 Å². The predicted octanol–water partition coefficient (Wildman–Crippen LogP) is 3.22. The summed E-state index contributed by atoms with van der Waals surface area (Å²) < 4.78 is 0. The summed E-state index contributed by atoms with van der Waals surface area (Å²) in [6.45, 7) is 0.139. The van der Waals surface area contributed by atoms with Crippen molar-refractivity contribution in [2.75, 3.05) is 6.61 Å². The second-order valence-electron chi connectivity index (χ2n) is 3.72. The number of nitrogens with two attached hydrogens (primary N) is 1. The summed E-state index contributed by atoms with van der Waals surface area (Å²) in [5.74, 6) is 0. The van der Waals surface area contributed by atoms with E-state index in [1.165, 1.54) is 11.1 Å². The lowest BCUT2D eigenvalue weighted by atomic mass is 10.1. The van der Waals surface area contributed by atoms with E-state index in [2.05, 4.69) is 23.6 Å². The van der Waals surface area contributed by atoms with Crippen molar-refractivity contribution in [3.05, 3.63) is 46.7 Å². The first-order valence-electron chi connectivity index (χ1n) is 5.31. The van der Waals surface area contributed by atoms with Crippen molar-refractivity contribution >= 4 is 23.7 Å². The summed E-state index contributed by atoms with van der Waals surface area (Å²) in [6, 6.07) is 12.3. The maximum atomic E-state index is 8.85. The number of thiophene rings is 1. The van der Waals surface area contributed by atoms with Gasteiger partial charge >= 0.3 is 0 Å². The zero-order valence-corrected chi connectivity index (χ0v) is 11.0. The van der Waals surface area contributed by atoms with Crippen molar-refractivity contribution in [3.63, 3.8) is 0 Å². The Hall–Kier alpha value is -0.870. The van der Waals surface area contributed by atoms with Gasteiger partial charge in [-0.25, -0.2) is 0 Å². The van der Waals surface area contributed by atoms with Gasteiger partial charge in [0, 0.05) is 17.5 Å². The quantitative estimate of drug-likeness (QED) is 0.895. The minimum Gasteiger partial charge on any atom is -0.396 e. The largest absolute Gasteiger partial charge is 0.396 e. The molecule has 0 bridgehead atoms. The topological polar surface area (TPSA) is 46.2 Å². The van der Waals surface area contributed by atoms with Crippen molar-refractivity contribution in [1.82, 2.24) is 0 Å². The van der Waals surface area contributed by atoms with Gasteiger partial charge in [-0.05, 0) is 29.0 Å². The maximum Gasteiger partial charge on any atom is 0.0449 e. The molecule has 0 aliphatic carbocycles. The highest BCUT2D eigenvalue weighted by Gasteiger charge is 2.09. The molecule has 0 aliphatic heterocycles. The Kier molecular flexibility index (Phi) is 5.65. The summed E-state index contributed by atoms with van der Waals surface area (Å²) in [4.78, 5) is 1.13. The first-order chi connectivity index (χ1) is 7.81. The zero-order valence-electron chi connectivity index (χ0n) is 9.37. The highest BCUT2D eigenvalue weighted by Crippen LogP contribution is 2.29. The smallest absolute Gasteiger partial charge is 0.0449 e. The molecule has 1 atom stereocenters. The molecule has 2 aromatic rings. The summed E-state index contributed by atoms with van der Waals surface area (Å²) in [7, 11) is 0. The Labute approximate surface area is 112 Å². The number of aliphatic hydroxyl groups excluding tert-OH is 1. The molecule has 0 saturated heterocycles. The van der Waals surface area contributed by atoms with Crippen molar-refractivity contribution in [1.29, 1.82) is 0 Å². The van der Waals surface area contributed by atoms with E-state index in [1.54, 1.807) is 11.3 Å². The SMILES string of the molecule is Cl.NC(CCO)c1cc(-c2ccccc2)cs1. The van der Waals surface area contributed by atoms with Crippen molar-refractivity contribution in [2.45, 2.75) is 12.5 Å². The molecule has 1 aromatic carbocycles. The van der Waals surface area contributed by atoms with Crippen molar-refractivity contribution in [2.24, 2.45) is 5.73 Å². The van der Waals surface area contributed by atoms with Crippen molar-refractivity contribution in [3.8, 4) is 11.1 Å². The number of halogens is 1. The lowest BCUT2D eigenvalue weighted by molar-refractivity contribution is 0.277. The van der Waals surface area contributed by atoms with Crippen LogP contribution in [0.15, 0.2) is 41.8 Å². The third kappa shape index (κ3) is 3.54. The van der Waals surface area contributed by atoms with Crippen LogP contribution in [0, 0.1) is 0 Å². The first kappa shape index (κ1) is 14.2. The molecule has 0 radical (unpaired) electrons. The Morgan fingerprint density at radius 2 is 1.88 bits per heavy atom. The molecule has 0 amide bonds. The van der Waals surface area contributed by atoms with E-state index in [1.807, 2.05) is 18.2 Å².